The van der Waals surface area contributed by atoms with Gasteiger partial charge in [-0.3, -0.25) is 9.59 Å². The van der Waals surface area contributed by atoms with Gasteiger partial charge in [-0.25, -0.2) is 0 Å². The van der Waals surface area contributed by atoms with E-state index in [9.17, 15) is 9.59 Å². The molecular weight excluding hydrogens is 272 g/mol. The summed E-state index contributed by atoms with van der Waals surface area (Å²) in [5.41, 5.74) is -0.665. The number of amides is 2. The molecule has 4 nitrogen and oxygen atoms in total. The first kappa shape index (κ1) is 15.7. The van der Waals surface area contributed by atoms with Gasteiger partial charge in [0.15, 0.2) is 0 Å². The molecule has 1 aliphatic carbocycles. The second kappa shape index (κ2) is 6.37. The third kappa shape index (κ3) is 2.83. The summed E-state index contributed by atoms with van der Waals surface area (Å²) >= 11 is 1.79. The van der Waals surface area contributed by atoms with Gasteiger partial charge in [-0.15, -0.1) is 0 Å². The molecule has 1 aliphatic heterocycles. The van der Waals surface area contributed by atoms with Crippen molar-refractivity contribution in [3.8, 4) is 0 Å². The lowest BCUT2D eigenvalue weighted by Gasteiger charge is -2.45. The zero-order valence-corrected chi connectivity index (χ0v) is 13.6. The molecule has 2 aliphatic rings. The van der Waals surface area contributed by atoms with Crippen LogP contribution in [0.5, 0.6) is 0 Å². The van der Waals surface area contributed by atoms with Crippen LogP contribution in [-0.4, -0.2) is 46.8 Å². The lowest BCUT2D eigenvalue weighted by atomic mass is 9.86. The average Bonchev–Trinajstić information content (AvgIpc) is 3.27. The number of nitrogens with one attached hydrogen (secondary N) is 1. The molecule has 1 saturated carbocycles. The van der Waals surface area contributed by atoms with E-state index in [1.807, 2.05) is 18.7 Å². The number of piperazine rings is 1. The molecule has 1 N–H and O–H groups in total. The lowest BCUT2D eigenvalue weighted by molar-refractivity contribution is -0.156. The van der Waals surface area contributed by atoms with Gasteiger partial charge in [-0.1, -0.05) is 13.8 Å². The van der Waals surface area contributed by atoms with E-state index in [2.05, 4.69) is 11.6 Å². The van der Waals surface area contributed by atoms with Crippen LogP contribution in [0.15, 0.2) is 0 Å². The second-order valence-corrected chi connectivity index (χ2v) is 6.89. The first-order chi connectivity index (χ1) is 9.59. The number of carbonyl (C=O) groups is 2. The fourth-order valence-electron chi connectivity index (χ4n) is 3.14. The van der Waals surface area contributed by atoms with Gasteiger partial charge in [0.25, 0.3) is 0 Å². The van der Waals surface area contributed by atoms with E-state index in [0.717, 1.165) is 31.6 Å². The number of hydrogen-bond donors (Lipinski definition) is 1. The molecule has 0 aromatic heterocycles. The molecule has 1 atom stereocenters. The van der Waals surface area contributed by atoms with E-state index in [4.69, 9.17) is 0 Å². The third-order valence-corrected chi connectivity index (χ3v) is 5.36. The SMILES string of the molecule is CCC1(CC)NC(=O)C(C2CC2)N(CCCSC)C1=O. The summed E-state index contributed by atoms with van der Waals surface area (Å²) in [6.45, 7) is 4.69. The van der Waals surface area contributed by atoms with Gasteiger partial charge in [0.1, 0.15) is 11.6 Å². The first-order valence-corrected chi connectivity index (χ1v) is 9.11. The quantitative estimate of drug-likeness (QED) is 0.732. The highest BCUT2D eigenvalue weighted by molar-refractivity contribution is 7.98. The van der Waals surface area contributed by atoms with Crippen LogP contribution in [-0.2, 0) is 9.59 Å². The van der Waals surface area contributed by atoms with E-state index in [0.29, 0.717) is 18.8 Å². The van der Waals surface area contributed by atoms with Crippen molar-refractivity contribution in [3.05, 3.63) is 0 Å². The van der Waals surface area contributed by atoms with E-state index < -0.39 is 5.54 Å². The standard InChI is InChI=1S/C15H26N2O2S/c1-4-15(5-2)14(19)17(9-6-10-20-3)12(11-7-8-11)13(18)16-15/h11-12H,4-10H2,1-3H3,(H,16,18). The zero-order chi connectivity index (χ0) is 14.8. The van der Waals surface area contributed by atoms with Crippen LogP contribution in [0.4, 0.5) is 0 Å². The number of carbonyl (C=O) groups excluding carboxylic acids is 2. The van der Waals surface area contributed by atoms with Gasteiger partial charge in [0.2, 0.25) is 11.8 Å². The fourth-order valence-corrected chi connectivity index (χ4v) is 3.55. The molecule has 0 bridgehead atoms. The Bertz CT molecular complexity index is 378. The van der Waals surface area contributed by atoms with Crippen molar-refractivity contribution in [1.82, 2.24) is 10.2 Å². The second-order valence-electron chi connectivity index (χ2n) is 5.91. The minimum absolute atomic E-state index is 0.0694. The molecule has 0 radical (unpaired) electrons. The van der Waals surface area contributed by atoms with E-state index >= 15 is 0 Å². The summed E-state index contributed by atoms with van der Waals surface area (Å²) in [7, 11) is 0. The Morgan fingerprint density at radius 2 is 1.95 bits per heavy atom. The largest absolute Gasteiger partial charge is 0.340 e. The summed E-state index contributed by atoms with van der Waals surface area (Å²) in [4.78, 5) is 27.3. The molecule has 1 saturated heterocycles. The molecule has 1 heterocycles. The van der Waals surface area contributed by atoms with Crippen LogP contribution in [0, 0.1) is 5.92 Å². The fraction of sp³-hybridized carbons (Fsp3) is 0.867. The molecule has 1 unspecified atom stereocenters. The van der Waals surface area contributed by atoms with Gasteiger partial charge in [0.05, 0.1) is 0 Å². The molecule has 2 amide bonds. The van der Waals surface area contributed by atoms with Crippen molar-refractivity contribution in [2.75, 3.05) is 18.6 Å². The maximum absolute atomic E-state index is 12.9. The van der Waals surface area contributed by atoms with Crippen LogP contribution in [0.1, 0.15) is 46.0 Å². The van der Waals surface area contributed by atoms with Crippen molar-refractivity contribution in [1.29, 1.82) is 0 Å². The van der Waals surface area contributed by atoms with Crippen molar-refractivity contribution in [2.24, 2.45) is 5.92 Å². The summed E-state index contributed by atoms with van der Waals surface area (Å²) < 4.78 is 0. The molecular formula is C15H26N2O2S. The molecule has 20 heavy (non-hydrogen) atoms. The zero-order valence-electron chi connectivity index (χ0n) is 12.8. The maximum atomic E-state index is 12.9. The van der Waals surface area contributed by atoms with Crippen molar-refractivity contribution in [3.63, 3.8) is 0 Å². The molecule has 0 spiro atoms. The highest BCUT2D eigenvalue weighted by Crippen LogP contribution is 2.39. The maximum Gasteiger partial charge on any atom is 0.248 e. The Labute approximate surface area is 126 Å². The van der Waals surface area contributed by atoms with E-state index in [1.165, 1.54) is 0 Å². The highest BCUT2D eigenvalue weighted by Gasteiger charge is 2.52. The number of nitrogens with zero attached hydrogens (tertiary/aromatic N) is 1. The topological polar surface area (TPSA) is 49.4 Å². The summed E-state index contributed by atoms with van der Waals surface area (Å²) in [6, 6.07) is -0.212. The monoisotopic (exact) mass is 298 g/mol. The van der Waals surface area contributed by atoms with Crippen LogP contribution < -0.4 is 5.32 Å². The Morgan fingerprint density at radius 3 is 2.45 bits per heavy atom. The van der Waals surface area contributed by atoms with E-state index in [-0.39, 0.29) is 17.9 Å². The van der Waals surface area contributed by atoms with Crippen LogP contribution in [0.25, 0.3) is 0 Å². The predicted octanol–water partition coefficient (Wildman–Crippen LogP) is 2.04. The summed E-state index contributed by atoms with van der Waals surface area (Å²) in [6.07, 6.45) is 6.54. The lowest BCUT2D eigenvalue weighted by Crippen LogP contribution is -2.70. The third-order valence-electron chi connectivity index (χ3n) is 4.66. The molecule has 2 rings (SSSR count). The van der Waals surface area contributed by atoms with Crippen LogP contribution in [0.3, 0.4) is 0 Å². The van der Waals surface area contributed by atoms with Gasteiger partial charge < -0.3 is 10.2 Å². The van der Waals surface area contributed by atoms with Crippen molar-refractivity contribution < 1.29 is 9.59 Å². The summed E-state index contributed by atoms with van der Waals surface area (Å²) in [5.74, 6) is 1.63. The molecule has 114 valence electrons. The minimum atomic E-state index is -0.665. The number of hydrogen-bond acceptors (Lipinski definition) is 3. The molecule has 5 heteroatoms. The first-order valence-electron chi connectivity index (χ1n) is 7.71. The van der Waals surface area contributed by atoms with Gasteiger partial charge in [-0.2, -0.15) is 11.8 Å². The normalized spacial score (nSPS) is 25.8. The van der Waals surface area contributed by atoms with Crippen molar-refractivity contribution in [2.45, 2.75) is 57.5 Å². The van der Waals surface area contributed by atoms with E-state index in [1.54, 1.807) is 11.8 Å². The Hall–Kier alpha value is -0.710. The smallest absolute Gasteiger partial charge is 0.248 e. The minimum Gasteiger partial charge on any atom is -0.340 e. The number of rotatable bonds is 7. The molecule has 2 fully saturated rings. The van der Waals surface area contributed by atoms with Gasteiger partial charge >= 0.3 is 0 Å². The Morgan fingerprint density at radius 1 is 1.30 bits per heavy atom. The van der Waals surface area contributed by atoms with Crippen molar-refractivity contribution >= 4 is 23.6 Å². The number of thioether (sulfide) groups is 1. The van der Waals surface area contributed by atoms with Gasteiger partial charge in [-0.05, 0) is 50.0 Å². The summed E-state index contributed by atoms with van der Waals surface area (Å²) in [5, 5.41) is 3.04. The predicted molar refractivity (Wildman–Crippen MR) is 82.7 cm³/mol. The molecule has 0 aromatic rings. The van der Waals surface area contributed by atoms with Crippen LogP contribution in [0.2, 0.25) is 0 Å². The highest BCUT2D eigenvalue weighted by atomic mass is 32.2. The van der Waals surface area contributed by atoms with Crippen LogP contribution >= 0.6 is 11.8 Å². The van der Waals surface area contributed by atoms with Gasteiger partial charge in [0, 0.05) is 6.54 Å². The Balaban J connectivity index is 2.19. The molecule has 0 aromatic carbocycles. The Kier molecular flexibility index (Phi) is 4.99. The average molecular weight is 298 g/mol.